The third-order valence-electron chi connectivity index (χ3n) is 5.61. The first-order chi connectivity index (χ1) is 16.6. The van der Waals surface area contributed by atoms with Crippen LogP contribution in [0.15, 0.2) is 66.8 Å². The Morgan fingerprint density at radius 1 is 0.882 bits per heavy atom. The quantitative estimate of drug-likeness (QED) is 0.214. The average Bonchev–Trinajstić information content (AvgIpc) is 3.30. The van der Waals surface area contributed by atoms with Crippen molar-refractivity contribution in [2.75, 3.05) is 21.3 Å². The van der Waals surface area contributed by atoms with Crippen molar-refractivity contribution in [1.29, 1.82) is 0 Å². The van der Waals surface area contributed by atoms with Gasteiger partial charge in [0.1, 0.15) is 0 Å². The van der Waals surface area contributed by atoms with Crippen molar-refractivity contribution in [1.82, 2.24) is 0 Å². The summed E-state index contributed by atoms with van der Waals surface area (Å²) in [6.45, 7) is 2.11. The molecule has 0 fully saturated rings. The van der Waals surface area contributed by atoms with E-state index in [1.807, 2.05) is 12.1 Å². The number of unbranched alkanes of at least 4 members (excludes halogenated alkanes) is 1. The zero-order valence-electron chi connectivity index (χ0n) is 20.4. The van der Waals surface area contributed by atoms with Crippen molar-refractivity contribution >= 4 is 27.5 Å². The largest absolute Gasteiger partial charge is 0.493 e. The highest BCUT2D eigenvalue weighted by Gasteiger charge is 2.12. The van der Waals surface area contributed by atoms with Gasteiger partial charge < -0.3 is 19.3 Å². The van der Waals surface area contributed by atoms with Crippen LogP contribution in [0.5, 0.6) is 17.2 Å². The fourth-order valence-corrected chi connectivity index (χ4v) is 4.91. The third kappa shape index (κ3) is 6.75. The lowest BCUT2D eigenvalue weighted by Gasteiger charge is -2.12. The molecule has 0 saturated heterocycles. The summed E-state index contributed by atoms with van der Waals surface area (Å²) < 4.78 is 17.4. The molecule has 0 radical (unpaired) electrons. The van der Waals surface area contributed by atoms with Crippen molar-refractivity contribution in [2.24, 2.45) is 0 Å². The van der Waals surface area contributed by atoms with Crippen LogP contribution in [0.3, 0.4) is 0 Å². The lowest BCUT2D eigenvalue weighted by Crippen LogP contribution is -1.95. The SMILES string of the molecule is COc1cc(C=CCCC=CC=CCCC(O)c2cc3c(C)cccc3s2)cc(OC)c1OC. The second kappa shape index (κ2) is 13.0. The van der Waals surface area contributed by atoms with E-state index in [2.05, 4.69) is 67.6 Å². The summed E-state index contributed by atoms with van der Waals surface area (Å²) in [5.41, 5.74) is 2.27. The zero-order chi connectivity index (χ0) is 24.3. The Labute approximate surface area is 206 Å². The van der Waals surface area contributed by atoms with Crippen LogP contribution >= 0.6 is 11.3 Å². The molecule has 180 valence electrons. The smallest absolute Gasteiger partial charge is 0.203 e. The van der Waals surface area contributed by atoms with Gasteiger partial charge in [-0.2, -0.15) is 0 Å². The molecule has 1 unspecified atom stereocenters. The predicted octanol–water partition coefficient (Wildman–Crippen LogP) is 7.66. The standard InChI is InChI=1S/C29H34O4S/c1-21-14-13-17-27-23(21)20-28(34-27)24(30)16-12-10-8-6-5-7-9-11-15-22-18-25(31-2)29(33-4)26(19-22)32-3/h5-6,8,10-11,13-15,17-20,24,30H,7,9,12,16H2,1-4H3. The molecule has 34 heavy (non-hydrogen) atoms. The summed E-state index contributed by atoms with van der Waals surface area (Å²) in [4.78, 5) is 1.05. The number of aliphatic hydroxyl groups is 1. The molecule has 3 rings (SSSR count). The maximum atomic E-state index is 10.5. The maximum absolute atomic E-state index is 10.5. The molecular formula is C29H34O4S. The molecule has 4 nitrogen and oxygen atoms in total. The van der Waals surface area contributed by atoms with Gasteiger partial charge in [-0.3, -0.25) is 0 Å². The number of rotatable bonds is 12. The van der Waals surface area contributed by atoms with E-state index in [1.54, 1.807) is 32.7 Å². The third-order valence-corrected chi connectivity index (χ3v) is 6.82. The first kappa shape index (κ1) is 25.6. The van der Waals surface area contributed by atoms with Gasteiger partial charge in [0, 0.05) is 9.58 Å². The fraction of sp³-hybridized carbons (Fsp3) is 0.310. The van der Waals surface area contributed by atoms with Gasteiger partial charge in [0.2, 0.25) is 5.75 Å². The van der Waals surface area contributed by atoms with Gasteiger partial charge in [-0.15, -0.1) is 11.3 Å². The normalized spacial score (nSPS) is 12.9. The van der Waals surface area contributed by atoms with Crippen molar-refractivity contribution in [3.63, 3.8) is 0 Å². The number of hydrogen-bond donors (Lipinski definition) is 1. The Kier molecular flexibility index (Phi) is 9.80. The van der Waals surface area contributed by atoms with Gasteiger partial charge in [-0.25, -0.2) is 0 Å². The van der Waals surface area contributed by atoms with Crippen LogP contribution in [-0.4, -0.2) is 26.4 Å². The highest BCUT2D eigenvalue weighted by atomic mass is 32.1. The van der Waals surface area contributed by atoms with Gasteiger partial charge in [-0.05, 0) is 73.4 Å². The van der Waals surface area contributed by atoms with Crippen LogP contribution in [0.1, 0.15) is 47.8 Å². The summed E-state index contributed by atoms with van der Waals surface area (Å²) in [7, 11) is 4.84. The number of thiophene rings is 1. The molecule has 3 aromatic rings. The Morgan fingerprint density at radius 2 is 1.56 bits per heavy atom. The Morgan fingerprint density at radius 3 is 2.21 bits per heavy atom. The van der Waals surface area contributed by atoms with Crippen LogP contribution in [0.25, 0.3) is 16.2 Å². The highest BCUT2D eigenvalue weighted by molar-refractivity contribution is 7.19. The van der Waals surface area contributed by atoms with Crippen molar-refractivity contribution in [2.45, 2.75) is 38.7 Å². The van der Waals surface area contributed by atoms with Gasteiger partial charge in [0.15, 0.2) is 11.5 Å². The maximum Gasteiger partial charge on any atom is 0.203 e. The highest BCUT2D eigenvalue weighted by Crippen LogP contribution is 2.38. The molecule has 0 aliphatic carbocycles. The molecule has 1 atom stereocenters. The number of fused-ring (bicyclic) bond motifs is 1. The molecule has 0 saturated carbocycles. The molecule has 1 aromatic heterocycles. The van der Waals surface area contributed by atoms with E-state index >= 15 is 0 Å². The minimum atomic E-state index is -0.411. The Bertz CT molecular complexity index is 1130. The second-order valence-corrected chi connectivity index (χ2v) is 9.14. The van der Waals surface area contributed by atoms with E-state index in [9.17, 15) is 5.11 Å². The van der Waals surface area contributed by atoms with Crippen LogP contribution in [0, 0.1) is 6.92 Å². The molecule has 5 heteroatoms. The molecule has 2 aromatic carbocycles. The van der Waals surface area contributed by atoms with E-state index in [-0.39, 0.29) is 0 Å². The number of ether oxygens (including phenoxy) is 3. The lowest BCUT2D eigenvalue weighted by atomic mass is 10.1. The van der Waals surface area contributed by atoms with E-state index < -0.39 is 6.10 Å². The van der Waals surface area contributed by atoms with Crippen LogP contribution < -0.4 is 14.2 Å². The van der Waals surface area contributed by atoms with Crippen molar-refractivity contribution in [3.8, 4) is 17.2 Å². The van der Waals surface area contributed by atoms with Gasteiger partial charge in [0.05, 0.1) is 27.4 Å². The van der Waals surface area contributed by atoms with Crippen molar-refractivity contribution in [3.05, 3.63) is 82.8 Å². The molecular weight excluding hydrogens is 444 g/mol. The van der Waals surface area contributed by atoms with E-state index in [1.165, 1.54) is 15.6 Å². The van der Waals surface area contributed by atoms with Gasteiger partial charge in [-0.1, -0.05) is 48.6 Å². The first-order valence-corrected chi connectivity index (χ1v) is 12.3. The van der Waals surface area contributed by atoms with Crippen LogP contribution in [-0.2, 0) is 0 Å². The summed E-state index contributed by atoms with van der Waals surface area (Å²) in [5.74, 6) is 1.90. The zero-order valence-corrected chi connectivity index (χ0v) is 21.2. The Hall–Kier alpha value is -3.02. The Balaban J connectivity index is 1.40. The summed E-state index contributed by atoms with van der Waals surface area (Å²) in [5, 5.41) is 11.8. The van der Waals surface area contributed by atoms with E-state index in [0.29, 0.717) is 17.2 Å². The number of methoxy groups -OCH3 is 3. The summed E-state index contributed by atoms with van der Waals surface area (Å²) in [6.07, 6.45) is 15.7. The van der Waals surface area contributed by atoms with E-state index in [0.717, 1.165) is 36.1 Å². The van der Waals surface area contributed by atoms with Crippen molar-refractivity contribution < 1.29 is 19.3 Å². The first-order valence-electron chi connectivity index (χ1n) is 11.5. The predicted molar refractivity (Wildman–Crippen MR) is 143 cm³/mol. The molecule has 0 spiro atoms. The second-order valence-electron chi connectivity index (χ2n) is 8.02. The summed E-state index contributed by atoms with van der Waals surface area (Å²) >= 11 is 1.69. The minimum Gasteiger partial charge on any atom is -0.493 e. The van der Waals surface area contributed by atoms with Gasteiger partial charge >= 0.3 is 0 Å². The molecule has 0 aliphatic heterocycles. The molecule has 0 amide bonds. The number of aliphatic hydroxyl groups excluding tert-OH is 1. The molecule has 1 N–H and O–H groups in total. The topological polar surface area (TPSA) is 47.9 Å². The lowest BCUT2D eigenvalue weighted by molar-refractivity contribution is 0.172. The molecule has 0 bridgehead atoms. The average molecular weight is 479 g/mol. The number of benzene rings is 2. The minimum absolute atomic E-state index is 0.411. The van der Waals surface area contributed by atoms with Gasteiger partial charge in [0.25, 0.3) is 0 Å². The number of aryl methyl sites for hydroxylation is 1. The van der Waals surface area contributed by atoms with Crippen LogP contribution in [0.4, 0.5) is 0 Å². The monoisotopic (exact) mass is 478 g/mol. The van der Waals surface area contributed by atoms with E-state index in [4.69, 9.17) is 14.2 Å². The molecule has 0 aliphatic rings. The molecule has 1 heterocycles. The number of allylic oxidation sites excluding steroid dienone is 5. The fourth-order valence-electron chi connectivity index (χ4n) is 3.75. The summed E-state index contributed by atoms with van der Waals surface area (Å²) in [6, 6.07) is 12.3. The number of hydrogen-bond acceptors (Lipinski definition) is 5. The van der Waals surface area contributed by atoms with Crippen LogP contribution in [0.2, 0.25) is 0 Å².